The summed E-state index contributed by atoms with van der Waals surface area (Å²) in [5, 5.41) is 3.88. The van der Waals surface area contributed by atoms with Crippen molar-refractivity contribution in [1.82, 2.24) is 25.1 Å². The van der Waals surface area contributed by atoms with Gasteiger partial charge in [-0.15, -0.1) is 0 Å². The third kappa shape index (κ3) is 8.47. The third-order valence-corrected chi connectivity index (χ3v) is 8.23. The van der Waals surface area contributed by atoms with Crippen LogP contribution in [-0.2, 0) is 38.6 Å². The van der Waals surface area contributed by atoms with Crippen LogP contribution in [0.4, 0.5) is 0 Å². The van der Waals surface area contributed by atoms with E-state index >= 15 is 0 Å². The average Bonchev–Trinajstić information content (AvgIpc) is 3.41. The van der Waals surface area contributed by atoms with Crippen molar-refractivity contribution in [2.45, 2.75) is 43.3 Å². The molecule has 1 aromatic heterocycles. The zero-order chi connectivity index (χ0) is 30.9. The quantitative estimate of drug-likeness (QED) is 0.311. The summed E-state index contributed by atoms with van der Waals surface area (Å²) in [4.78, 5) is 39.2. The first-order chi connectivity index (χ1) is 21.4. The van der Waals surface area contributed by atoms with E-state index in [4.69, 9.17) is 18.9 Å². The van der Waals surface area contributed by atoms with Crippen LogP contribution in [0.5, 0.6) is 17.2 Å². The van der Waals surface area contributed by atoms with E-state index in [2.05, 4.69) is 20.2 Å². The van der Waals surface area contributed by atoms with Gasteiger partial charge >= 0.3 is 0 Å². The molecule has 0 aliphatic carbocycles. The number of likely N-dealkylation sites (tertiary alicyclic amines) is 1. The summed E-state index contributed by atoms with van der Waals surface area (Å²) < 4.78 is 23.5. The summed E-state index contributed by atoms with van der Waals surface area (Å²) in [5.74, 6) is 1.45. The summed E-state index contributed by atoms with van der Waals surface area (Å²) in [6, 6.07) is 13.1. The Hall–Kier alpha value is -3.71. The normalized spacial score (nSPS) is 19.8. The van der Waals surface area contributed by atoms with E-state index in [9.17, 15) is 9.59 Å². The van der Waals surface area contributed by atoms with Crippen LogP contribution in [0.15, 0.2) is 60.0 Å². The lowest BCUT2D eigenvalue weighted by atomic mass is 10.1. The Morgan fingerprint density at radius 3 is 2.66 bits per heavy atom. The molecule has 1 saturated heterocycles. The van der Waals surface area contributed by atoms with Crippen LogP contribution in [0.1, 0.15) is 23.1 Å². The second-order valence-corrected chi connectivity index (χ2v) is 11.6. The molecule has 0 unspecified atom stereocenters. The minimum atomic E-state index is -0.270. The largest absolute Gasteiger partial charge is 0.493 e. The number of aryl methyl sites for hydroxylation is 1. The Kier molecular flexibility index (Phi) is 11.1. The molecule has 2 aliphatic heterocycles. The van der Waals surface area contributed by atoms with Crippen molar-refractivity contribution in [3.8, 4) is 17.2 Å². The van der Waals surface area contributed by atoms with Gasteiger partial charge in [-0.1, -0.05) is 30.0 Å². The minimum Gasteiger partial charge on any atom is -0.493 e. The molecule has 2 aromatic carbocycles. The van der Waals surface area contributed by atoms with E-state index in [-0.39, 0.29) is 36.9 Å². The van der Waals surface area contributed by atoms with E-state index < -0.39 is 0 Å². The van der Waals surface area contributed by atoms with Crippen LogP contribution < -0.4 is 14.8 Å². The Labute approximate surface area is 262 Å². The van der Waals surface area contributed by atoms with Gasteiger partial charge in [0.15, 0.2) is 16.7 Å². The SMILES string of the molecule is COCCN1CC(=O)N[C@H]2CN(Cc3cnc(SC)nc3)C[C@@H]2OCc2cccc(c2)Oc2cc(ccc2OC)CCC1=O. The molecule has 12 heteroatoms. The lowest BCUT2D eigenvalue weighted by Gasteiger charge is -2.25. The molecule has 234 valence electrons. The summed E-state index contributed by atoms with van der Waals surface area (Å²) in [7, 11) is 3.18. The number of carbonyl (C=O) groups is 2. The molecule has 11 nitrogen and oxygen atoms in total. The van der Waals surface area contributed by atoms with Gasteiger partial charge < -0.3 is 29.2 Å². The van der Waals surface area contributed by atoms with Gasteiger partial charge in [0.1, 0.15) is 5.75 Å². The molecule has 0 spiro atoms. The second-order valence-electron chi connectivity index (χ2n) is 10.8. The van der Waals surface area contributed by atoms with Crippen molar-refractivity contribution < 1.29 is 28.5 Å². The molecule has 2 amide bonds. The summed E-state index contributed by atoms with van der Waals surface area (Å²) in [5.41, 5.74) is 2.85. The van der Waals surface area contributed by atoms with Gasteiger partial charge in [0.2, 0.25) is 11.8 Å². The second kappa shape index (κ2) is 15.3. The van der Waals surface area contributed by atoms with Crippen molar-refractivity contribution in [3.63, 3.8) is 0 Å². The van der Waals surface area contributed by atoms with Crippen LogP contribution in [0.2, 0.25) is 0 Å². The molecule has 3 heterocycles. The van der Waals surface area contributed by atoms with E-state index in [1.165, 1.54) is 11.8 Å². The molecule has 0 radical (unpaired) electrons. The van der Waals surface area contributed by atoms with E-state index in [0.29, 0.717) is 63.1 Å². The highest BCUT2D eigenvalue weighted by Gasteiger charge is 2.35. The van der Waals surface area contributed by atoms with Crippen LogP contribution in [-0.4, -0.2) is 97.0 Å². The first-order valence-corrected chi connectivity index (χ1v) is 15.8. The Bertz CT molecular complexity index is 1420. The van der Waals surface area contributed by atoms with Gasteiger partial charge in [-0.05, 0) is 48.1 Å². The Balaban J connectivity index is 1.39. The van der Waals surface area contributed by atoms with Crippen molar-refractivity contribution in [2.75, 3.05) is 53.3 Å². The molecule has 44 heavy (non-hydrogen) atoms. The number of thioether (sulfide) groups is 1. The highest BCUT2D eigenvalue weighted by atomic mass is 32.2. The number of aromatic nitrogens is 2. The topological polar surface area (TPSA) is 115 Å². The first kappa shape index (κ1) is 31.7. The van der Waals surface area contributed by atoms with Crippen LogP contribution >= 0.6 is 11.8 Å². The first-order valence-electron chi connectivity index (χ1n) is 14.6. The number of amides is 2. The zero-order valence-corrected chi connectivity index (χ0v) is 26.2. The molecule has 0 saturated carbocycles. The predicted octanol–water partition coefficient (Wildman–Crippen LogP) is 3.31. The van der Waals surface area contributed by atoms with Gasteiger partial charge in [-0.25, -0.2) is 9.97 Å². The van der Waals surface area contributed by atoms with Crippen molar-refractivity contribution >= 4 is 23.6 Å². The maximum atomic E-state index is 13.4. The lowest BCUT2D eigenvalue weighted by molar-refractivity contribution is -0.137. The molecule has 5 rings (SSSR count). The highest BCUT2D eigenvalue weighted by Crippen LogP contribution is 2.33. The van der Waals surface area contributed by atoms with Crippen LogP contribution in [0.25, 0.3) is 0 Å². The van der Waals surface area contributed by atoms with Gasteiger partial charge in [0.05, 0.1) is 39.0 Å². The van der Waals surface area contributed by atoms with E-state index in [0.717, 1.165) is 21.8 Å². The molecule has 2 aliphatic rings. The van der Waals surface area contributed by atoms with Crippen molar-refractivity contribution in [2.24, 2.45) is 0 Å². The summed E-state index contributed by atoms with van der Waals surface area (Å²) in [6.45, 7) is 2.75. The Morgan fingerprint density at radius 2 is 1.89 bits per heavy atom. The Morgan fingerprint density at radius 1 is 1.05 bits per heavy atom. The van der Waals surface area contributed by atoms with E-state index in [1.807, 2.05) is 61.1 Å². The summed E-state index contributed by atoms with van der Waals surface area (Å²) in [6.07, 6.45) is 6.07. The average molecular weight is 622 g/mol. The van der Waals surface area contributed by atoms with Crippen molar-refractivity contribution in [3.05, 3.63) is 71.5 Å². The summed E-state index contributed by atoms with van der Waals surface area (Å²) >= 11 is 1.50. The standard InChI is InChI=1S/C32H39N5O6S/c1-40-12-11-37-20-30(38)35-26-18-36(17-24-15-33-32(44-3)34-16-24)19-29(26)42-21-23-5-4-6-25(13-23)43-28-14-22(8-10-31(37)39)7-9-27(28)41-2/h4-7,9,13-16,26,29H,8,10-12,17-21H2,1-3H3,(H,35,38)/t26-,29-/m0/s1. The molecule has 4 bridgehead atoms. The third-order valence-electron chi connectivity index (χ3n) is 7.66. The number of nitrogens with zero attached hydrogens (tertiary/aromatic N) is 4. The number of carbonyl (C=O) groups excluding carboxylic acids is 2. The number of benzene rings is 2. The fraction of sp³-hybridized carbons (Fsp3) is 0.438. The molecular formula is C32H39N5O6S. The molecule has 1 fully saturated rings. The number of ether oxygens (including phenoxy) is 4. The smallest absolute Gasteiger partial charge is 0.239 e. The van der Waals surface area contributed by atoms with Crippen LogP contribution in [0.3, 0.4) is 0 Å². The monoisotopic (exact) mass is 621 g/mol. The lowest BCUT2D eigenvalue weighted by Crippen LogP contribution is -2.49. The molecule has 2 atom stereocenters. The van der Waals surface area contributed by atoms with Gasteiger partial charge in [0, 0.05) is 57.7 Å². The molecular weight excluding hydrogens is 582 g/mol. The van der Waals surface area contributed by atoms with Crippen molar-refractivity contribution in [1.29, 1.82) is 0 Å². The zero-order valence-electron chi connectivity index (χ0n) is 25.4. The molecule has 3 aromatic rings. The van der Waals surface area contributed by atoms with E-state index in [1.54, 1.807) is 19.1 Å². The van der Waals surface area contributed by atoms with Crippen LogP contribution in [0, 0.1) is 0 Å². The predicted molar refractivity (Wildman–Crippen MR) is 166 cm³/mol. The van der Waals surface area contributed by atoms with Gasteiger partial charge in [-0.3, -0.25) is 14.5 Å². The number of fused-ring (bicyclic) bond motifs is 5. The number of hydrogen-bond acceptors (Lipinski definition) is 10. The molecule has 1 N–H and O–H groups in total. The minimum absolute atomic E-state index is 0.0611. The van der Waals surface area contributed by atoms with Gasteiger partial charge in [0.25, 0.3) is 0 Å². The number of nitrogens with one attached hydrogen (secondary N) is 1. The van der Waals surface area contributed by atoms with Gasteiger partial charge in [-0.2, -0.15) is 0 Å². The number of rotatable bonds is 7. The maximum Gasteiger partial charge on any atom is 0.239 e. The number of hydrogen-bond donors (Lipinski definition) is 1. The fourth-order valence-corrected chi connectivity index (χ4v) is 5.71. The fourth-order valence-electron chi connectivity index (χ4n) is 5.39. The highest BCUT2D eigenvalue weighted by molar-refractivity contribution is 7.98. The maximum absolute atomic E-state index is 13.4. The number of methoxy groups -OCH3 is 2.